The number of nitro groups is 1. The van der Waals surface area contributed by atoms with Crippen molar-refractivity contribution < 1.29 is 19.2 Å². The molecule has 0 aliphatic carbocycles. The van der Waals surface area contributed by atoms with Gasteiger partial charge in [-0.05, 0) is 39.8 Å². The highest BCUT2D eigenvalue weighted by atomic mass is 32.1. The molecule has 1 atom stereocenters. The first kappa shape index (κ1) is 17.9. The number of esters is 1. The number of benzene rings is 1. The van der Waals surface area contributed by atoms with Crippen molar-refractivity contribution >= 4 is 39.0 Å². The van der Waals surface area contributed by atoms with Gasteiger partial charge in [-0.25, -0.2) is 4.79 Å². The Morgan fingerprint density at radius 3 is 2.54 bits per heavy atom. The summed E-state index contributed by atoms with van der Waals surface area (Å²) in [6.07, 6.45) is -0.934. The lowest BCUT2D eigenvalue weighted by Crippen LogP contribution is -2.46. The number of amides is 1. The van der Waals surface area contributed by atoms with Crippen molar-refractivity contribution in [2.75, 3.05) is 0 Å². The van der Waals surface area contributed by atoms with Crippen LogP contribution in [0, 0.1) is 10.1 Å². The monoisotopic (exact) mass is 350 g/mol. The van der Waals surface area contributed by atoms with Crippen molar-refractivity contribution in [2.45, 2.75) is 39.3 Å². The zero-order chi connectivity index (χ0) is 18.1. The van der Waals surface area contributed by atoms with Crippen molar-refractivity contribution in [1.82, 2.24) is 5.32 Å². The minimum Gasteiger partial charge on any atom is -0.448 e. The Hall–Kier alpha value is -2.48. The number of fused-ring (bicyclic) bond motifs is 1. The lowest BCUT2D eigenvalue weighted by Gasteiger charge is -2.23. The molecular formula is C16H18N2O5S. The van der Waals surface area contributed by atoms with Gasteiger partial charge in [0, 0.05) is 27.8 Å². The molecule has 0 fully saturated rings. The number of hydrogen-bond donors (Lipinski definition) is 1. The number of rotatable bonds is 4. The number of nitro benzene ring substituents is 1. The summed E-state index contributed by atoms with van der Waals surface area (Å²) in [7, 11) is 0. The van der Waals surface area contributed by atoms with Crippen LogP contribution in [0.3, 0.4) is 0 Å². The average Bonchev–Trinajstić information content (AvgIpc) is 2.88. The van der Waals surface area contributed by atoms with Gasteiger partial charge >= 0.3 is 5.97 Å². The van der Waals surface area contributed by atoms with Crippen molar-refractivity contribution in [3.63, 3.8) is 0 Å². The maximum Gasteiger partial charge on any atom is 0.349 e. The van der Waals surface area contributed by atoms with Crippen LogP contribution in [0.15, 0.2) is 24.3 Å². The molecule has 128 valence electrons. The number of ether oxygens (including phenoxy) is 1. The van der Waals surface area contributed by atoms with Gasteiger partial charge in [0.2, 0.25) is 0 Å². The van der Waals surface area contributed by atoms with Crippen LogP contribution in [0.5, 0.6) is 0 Å². The zero-order valence-electron chi connectivity index (χ0n) is 13.8. The Labute approximate surface area is 142 Å². The molecule has 2 rings (SSSR count). The van der Waals surface area contributed by atoms with Crippen molar-refractivity contribution in [1.29, 1.82) is 0 Å². The molecule has 1 aromatic carbocycles. The second-order valence-corrected chi connectivity index (χ2v) is 7.46. The first-order valence-electron chi connectivity index (χ1n) is 7.28. The second-order valence-electron chi connectivity index (χ2n) is 6.38. The smallest absolute Gasteiger partial charge is 0.349 e. The molecule has 0 saturated carbocycles. The van der Waals surface area contributed by atoms with Gasteiger partial charge in [0.1, 0.15) is 4.88 Å². The summed E-state index contributed by atoms with van der Waals surface area (Å²) in [5, 5.41) is 14.1. The van der Waals surface area contributed by atoms with E-state index in [1.807, 2.05) is 20.8 Å². The molecule has 2 aromatic rings. The Kier molecular flexibility index (Phi) is 4.88. The molecular weight excluding hydrogens is 332 g/mol. The number of nitrogens with zero attached hydrogens (tertiary/aromatic N) is 1. The van der Waals surface area contributed by atoms with Gasteiger partial charge in [-0.2, -0.15) is 0 Å². The first-order valence-corrected chi connectivity index (χ1v) is 8.09. The van der Waals surface area contributed by atoms with Crippen molar-refractivity contribution in [2.24, 2.45) is 0 Å². The number of carbonyl (C=O) groups excluding carboxylic acids is 2. The van der Waals surface area contributed by atoms with Crippen LogP contribution >= 0.6 is 11.3 Å². The summed E-state index contributed by atoms with van der Waals surface area (Å²) >= 11 is 1.16. The summed E-state index contributed by atoms with van der Waals surface area (Å²) in [5.74, 6) is -1.01. The topological polar surface area (TPSA) is 98.5 Å². The van der Waals surface area contributed by atoms with E-state index in [-0.39, 0.29) is 11.6 Å². The number of non-ortho nitro benzene ring substituents is 1. The number of carbonyl (C=O) groups is 2. The molecule has 8 heteroatoms. The average molecular weight is 350 g/mol. The molecule has 0 aliphatic heterocycles. The van der Waals surface area contributed by atoms with Gasteiger partial charge in [0.05, 0.1) is 4.92 Å². The second kappa shape index (κ2) is 6.56. The molecule has 1 aromatic heterocycles. The molecule has 0 radical (unpaired) electrons. The maximum absolute atomic E-state index is 12.2. The molecule has 1 amide bonds. The van der Waals surface area contributed by atoms with Crippen molar-refractivity contribution in [3.8, 4) is 0 Å². The SMILES string of the molecule is C[C@H](OC(=O)c1cc2cc([N+](=O)[O-])ccc2s1)C(=O)NC(C)(C)C. The highest BCUT2D eigenvalue weighted by Crippen LogP contribution is 2.29. The van der Waals surface area contributed by atoms with E-state index in [0.29, 0.717) is 10.3 Å². The highest BCUT2D eigenvalue weighted by molar-refractivity contribution is 7.20. The Balaban J connectivity index is 2.13. The molecule has 24 heavy (non-hydrogen) atoms. The van der Waals surface area contributed by atoms with E-state index >= 15 is 0 Å². The quantitative estimate of drug-likeness (QED) is 0.518. The minimum atomic E-state index is -0.934. The van der Waals surface area contributed by atoms with Gasteiger partial charge < -0.3 is 10.1 Å². The molecule has 1 N–H and O–H groups in total. The third-order valence-corrected chi connectivity index (χ3v) is 4.16. The molecule has 0 saturated heterocycles. The lowest BCUT2D eigenvalue weighted by molar-refractivity contribution is -0.384. The summed E-state index contributed by atoms with van der Waals surface area (Å²) < 4.78 is 5.91. The predicted molar refractivity (Wildman–Crippen MR) is 91.3 cm³/mol. The van der Waals surface area contributed by atoms with Crippen LogP contribution in [0.1, 0.15) is 37.4 Å². The van der Waals surface area contributed by atoms with E-state index in [0.717, 1.165) is 16.0 Å². The van der Waals surface area contributed by atoms with Gasteiger partial charge in [-0.3, -0.25) is 14.9 Å². The zero-order valence-corrected chi connectivity index (χ0v) is 14.6. The van der Waals surface area contributed by atoms with E-state index in [2.05, 4.69) is 5.32 Å². The van der Waals surface area contributed by atoms with E-state index in [4.69, 9.17) is 4.74 Å². The van der Waals surface area contributed by atoms with Crippen LogP contribution in [0.4, 0.5) is 5.69 Å². The number of nitrogens with one attached hydrogen (secondary N) is 1. The van der Waals surface area contributed by atoms with E-state index < -0.39 is 22.5 Å². The summed E-state index contributed by atoms with van der Waals surface area (Å²) in [5.41, 5.74) is -0.466. The lowest BCUT2D eigenvalue weighted by atomic mass is 10.1. The standard InChI is InChI=1S/C16H18N2O5S/c1-9(14(19)17-16(2,3)4)23-15(20)13-8-10-7-11(18(21)22)5-6-12(10)24-13/h5-9H,1-4H3,(H,17,19)/t9-/m0/s1. The molecule has 0 spiro atoms. The number of thiophene rings is 1. The van der Waals surface area contributed by atoms with Crippen LogP contribution in [0.2, 0.25) is 0 Å². The number of hydrogen-bond acceptors (Lipinski definition) is 6. The third-order valence-electron chi connectivity index (χ3n) is 3.06. The Morgan fingerprint density at radius 1 is 1.29 bits per heavy atom. The summed E-state index contributed by atoms with van der Waals surface area (Å²) in [6.45, 7) is 6.99. The molecule has 0 bridgehead atoms. The van der Waals surface area contributed by atoms with Gasteiger partial charge in [-0.1, -0.05) is 0 Å². The largest absolute Gasteiger partial charge is 0.448 e. The molecule has 0 aliphatic rings. The Morgan fingerprint density at radius 2 is 1.96 bits per heavy atom. The third kappa shape index (κ3) is 4.29. The van der Waals surface area contributed by atoms with Gasteiger partial charge in [0.25, 0.3) is 11.6 Å². The van der Waals surface area contributed by atoms with E-state index in [1.165, 1.54) is 25.1 Å². The summed E-state index contributed by atoms with van der Waals surface area (Å²) in [4.78, 5) is 34.7. The van der Waals surface area contributed by atoms with E-state index in [1.54, 1.807) is 6.07 Å². The first-order chi connectivity index (χ1) is 11.1. The molecule has 7 nitrogen and oxygen atoms in total. The molecule has 1 heterocycles. The van der Waals surface area contributed by atoms with Crippen LogP contribution in [0.25, 0.3) is 10.1 Å². The predicted octanol–water partition coefficient (Wildman–Crippen LogP) is 3.27. The summed E-state index contributed by atoms with van der Waals surface area (Å²) in [6, 6.07) is 5.90. The fourth-order valence-corrected chi connectivity index (χ4v) is 2.91. The minimum absolute atomic E-state index is 0.0434. The van der Waals surface area contributed by atoms with Crippen LogP contribution in [-0.2, 0) is 9.53 Å². The fourth-order valence-electron chi connectivity index (χ4n) is 1.99. The van der Waals surface area contributed by atoms with Crippen LogP contribution in [-0.4, -0.2) is 28.4 Å². The van der Waals surface area contributed by atoms with E-state index in [9.17, 15) is 19.7 Å². The molecule has 0 unspecified atom stereocenters. The highest BCUT2D eigenvalue weighted by Gasteiger charge is 2.24. The van der Waals surface area contributed by atoms with Crippen LogP contribution < -0.4 is 5.32 Å². The van der Waals surface area contributed by atoms with Crippen molar-refractivity contribution in [3.05, 3.63) is 39.3 Å². The fraction of sp³-hybridized carbons (Fsp3) is 0.375. The normalized spacial score (nSPS) is 12.7. The van der Waals surface area contributed by atoms with Gasteiger partial charge in [-0.15, -0.1) is 11.3 Å². The Bertz CT molecular complexity index is 806. The van der Waals surface area contributed by atoms with Gasteiger partial charge in [0.15, 0.2) is 6.10 Å². The maximum atomic E-state index is 12.2.